The van der Waals surface area contributed by atoms with Crippen molar-refractivity contribution in [2.75, 3.05) is 13.2 Å². The number of halogens is 1. The molecule has 5 nitrogen and oxygen atoms in total. The van der Waals surface area contributed by atoms with Crippen molar-refractivity contribution in [3.8, 4) is 11.5 Å². The number of hydrogen-bond donors (Lipinski definition) is 0. The number of unbranched alkanes of at least 4 members (excludes halogenated alkanes) is 1. The average Bonchev–Trinajstić information content (AvgIpc) is 3.01. The molecule has 1 aliphatic heterocycles. The zero-order chi connectivity index (χ0) is 21.5. The Bertz CT molecular complexity index is 946. The number of rotatable bonds is 9. The van der Waals surface area contributed by atoms with E-state index in [4.69, 9.17) is 9.47 Å². The molecule has 0 atom stereocenters. The van der Waals surface area contributed by atoms with Crippen LogP contribution in [0.15, 0.2) is 51.8 Å². The quantitative estimate of drug-likeness (QED) is 0.388. The normalized spacial score (nSPS) is 15.2. The zero-order valence-electron chi connectivity index (χ0n) is 17.0. The van der Waals surface area contributed by atoms with Crippen LogP contribution in [0.1, 0.15) is 37.8 Å². The summed E-state index contributed by atoms with van der Waals surface area (Å²) in [5, 5.41) is -0.219. The molecule has 7 heteroatoms. The monoisotopic (exact) mass is 489 g/mol. The molecule has 2 aromatic rings. The van der Waals surface area contributed by atoms with E-state index < -0.39 is 0 Å². The largest absolute Gasteiger partial charge is 0.490 e. The second kappa shape index (κ2) is 10.7. The van der Waals surface area contributed by atoms with E-state index in [2.05, 4.69) is 15.9 Å². The first kappa shape index (κ1) is 22.4. The van der Waals surface area contributed by atoms with Crippen molar-refractivity contribution in [1.29, 1.82) is 0 Å². The van der Waals surface area contributed by atoms with Crippen LogP contribution < -0.4 is 9.47 Å². The number of hydrogen-bond acceptors (Lipinski definition) is 5. The Morgan fingerprint density at radius 1 is 1.07 bits per heavy atom. The second-order valence-electron chi connectivity index (χ2n) is 6.71. The van der Waals surface area contributed by atoms with E-state index in [1.807, 2.05) is 56.3 Å². The number of carbonyl (C=O) groups is 2. The molecule has 0 N–H and O–H groups in total. The number of imide groups is 1. The highest BCUT2D eigenvalue weighted by molar-refractivity contribution is 9.10. The molecule has 0 aliphatic carbocycles. The summed E-state index contributed by atoms with van der Waals surface area (Å²) in [5.74, 6) is 0.960. The van der Waals surface area contributed by atoms with E-state index in [9.17, 15) is 9.59 Å². The lowest BCUT2D eigenvalue weighted by atomic mass is 10.1. The molecule has 1 saturated heterocycles. The van der Waals surface area contributed by atoms with Crippen LogP contribution in [-0.2, 0) is 11.4 Å². The molecular weight excluding hydrogens is 466 g/mol. The van der Waals surface area contributed by atoms with Gasteiger partial charge < -0.3 is 9.47 Å². The fourth-order valence-corrected chi connectivity index (χ4v) is 4.22. The van der Waals surface area contributed by atoms with Crippen LogP contribution in [0.25, 0.3) is 6.08 Å². The van der Waals surface area contributed by atoms with Gasteiger partial charge in [0.2, 0.25) is 0 Å². The van der Waals surface area contributed by atoms with E-state index in [1.54, 1.807) is 6.08 Å². The number of carbonyl (C=O) groups excluding carboxylic acids is 2. The predicted molar refractivity (Wildman–Crippen MR) is 124 cm³/mol. The Balaban J connectivity index is 1.83. The fraction of sp³-hybridized carbons (Fsp3) is 0.304. The lowest BCUT2D eigenvalue weighted by molar-refractivity contribution is -0.122. The maximum atomic E-state index is 12.6. The summed E-state index contributed by atoms with van der Waals surface area (Å²) < 4.78 is 12.5. The summed E-state index contributed by atoms with van der Waals surface area (Å²) in [6, 6.07) is 13.6. The Morgan fingerprint density at radius 2 is 1.80 bits per heavy atom. The third kappa shape index (κ3) is 5.46. The van der Waals surface area contributed by atoms with Gasteiger partial charge in [0, 0.05) is 11.0 Å². The average molecular weight is 490 g/mol. The van der Waals surface area contributed by atoms with Gasteiger partial charge in [0.15, 0.2) is 11.5 Å². The third-order valence-electron chi connectivity index (χ3n) is 4.50. The van der Waals surface area contributed by atoms with Crippen LogP contribution in [0, 0.1) is 0 Å². The van der Waals surface area contributed by atoms with Gasteiger partial charge in [-0.2, -0.15) is 0 Å². The zero-order valence-corrected chi connectivity index (χ0v) is 19.4. The van der Waals surface area contributed by atoms with Gasteiger partial charge in [-0.05, 0) is 54.4 Å². The molecule has 0 aromatic heterocycles. The summed E-state index contributed by atoms with van der Waals surface area (Å²) in [5.41, 5.74) is 1.81. The molecule has 0 saturated carbocycles. The number of nitrogens with zero attached hydrogens (tertiary/aromatic N) is 1. The number of benzene rings is 2. The molecule has 0 spiro atoms. The first-order valence-electron chi connectivity index (χ1n) is 9.92. The Hall–Kier alpha value is -2.25. The minimum absolute atomic E-state index is 0.219. The van der Waals surface area contributed by atoms with Crippen LogP contribution in [-0.4, -0.2) is 29.2 Å². The first-order chi connectivity index (χ1) is 14.5. The standard InChI is InChI=1S/C23H24BrNO4S/c1-3-5-11-25-22(26)21(30-23(25)27)13-17-12-19(28-4-2)20(14-18(17)24)29-15-16-9-7-6-8-10-16/h6-10,12-14H,3-5,11,15H2,1-2H3/b21-13-. The molecule has 1 fully saturated rings. The Morgan fingerprint density at radius 3 is 2.50 bits per heavy atom. The van der Waals surface area contributed by atoms with Crippen molar-refractivity contribution in [3.63, 3.8) is 0 Å². The van der Waals surface area contributed by atoms with Gasteiger partial charge in [0.05, 0.1) is 11.5 Å². The molecular formula is C23H24BrNO4S. The van der Waals surface area contributed by atoms with Crippen LogP contribution >= 0.6 is 27.7 Å². The maximum Gasteiger partial charge on any atom is 0.293 e. The van der Waals surface area contributed by atoms with Gasteiger partial charge in [0.1, 0.15) is 6.61 Å². The molecule has 158 valence electrons. The lowest BCUT2D eigenvalue weighted by Gasteiger charge is -2.14. The van der Waals surface area contributed by atoms with E-state index in [1.165, 1.54) is 4.90 Å². The van der Waals surface area contributed by atoms with Gasteiger partial charge in [0.25, 0.3) is 11.1 Å². The summed E-state index contributed by atoms with van der Waals surface area (Å²) in [6.07, 6.45) is 3.45. The minimum Gasteiger partial charge on any atom is -0.490 e. The molecule has 2 amide bonds. The van der Waals surface area contributed by atoms with Gasteiger partial charge in [-0.25, -0.2) is 0 Å². The second-order valence-corrected chi connectivity index (χ2v) is 8.56. The molecule has 3 rings (SSSR count). The number of thioether (sulfide) groups is 1. The highest BCUT2D eigenvalue weighted by Gasteiger charge is 2.34. The summed E-state index contributed by atoms with van der Waals surface area (Å²) in [7, 11) is 0. The minimum atomic E-state index is -0.243. The first-order valence-corrected chi connectivity index (χ1v) is 11.5. The predicted octanol–water partition coefficient (Wildman–Crippen LogP) is 6.26. The van der Waals surface area contributed by atoms with Crippen LogP contribution in [0.4, 0.5) is 4.79 Å². The molecule has 0 unspecified atom stereocenters. The van der Waals surface area contributed by atoms with E-state index >= 15 is 0 Å². The summed E-state index contributed by atoms with van der Waals surface area (Å²) >= 11 is 4.53. The smallest absolute Gasteiger partial charge is 0.293 e. The highest BCUT2D eigenvalue weighted by Crippen LogP contribution is 2.38. The molecule has 1 heterocycles. The summed E-state index contributed by atoms with van der Waals surface area (Å²) in [4.78, 5) is 26.5. The molecule has 0 radical (unpaired) electrons. The van der Waals surface area contributed by atoms with E-state index in [-0.39, 0.29) is 11.1 Å². The third-order valence-corrected chi connectivity index (χ3v) is 6.09. The molecule has 2 aromatic carbocycles. The molecule has 1 aliphatic rings. The van der Waals surface area contributed by atoms with E-state index in [0.717, 1.165) is 40.2 Å². The lowest BCUT2D eigenvalue weighted by Crippen LogP contribution is -2.29. The Labute approximate surface area is 189 Å². The van der Waals surface area contributed by atoms with Crippen molar-refractivity contribution < 1.29 is 19.1 Å². The van der Waals surface area contributed by atoms with Gasteiger partial charge in [-0.1, -0.05) is 59.6 Å². The molecule has 0 bridgehead atoms. The van der Waals surface area contributed by atoms with Gasteiger partial charge in [-0.3, -0.25) is 14.5 Å². The van der Waals surface area contributed by atoms with Crippen molar-refractivity contribution in [2.45, 2.75) is 33.3 Å². The van der Waals surface area contributed by atoms with Gasteiger partial charge >= 0.3 is 0 Å². The van der Waals surface area contributed by atoms with Crippen molar-refractivity contribution in [2.24, 2.45) is 0 Å². The Kier molecular flexibility index (Phi) is 7.99. The van der Waals surface area contributed by atoms with E-state index in [0.29, 0.717) is 36.2 Å². The summed E-state index contributed by atoms with van der Waals surface area (Å²) in [6.45, 7) is 5.29. The maximum absolute atomic E-state index is 12.6. The number of ether oxygens (including phenoxy) is 2. The van der Waals surface area contributed by atoms with Crippen LogP contribution in [0.2, 0.25) is 0 Å². The highest BCUT2D eigenvalue weighted by atomic mass is 79.9. The number of amides is 2. The topological polar surface area (TPSA) is 55.8 Å². The molecule has 30 heavy (non-hydrogen) atoms. The SMILES string of the molecule is CCCCN1C(=O)S/C(=C\c2cc(OCC)c(OCc3ccccc3)cc2Br)C1=O. The van der Waals surface area contributed by atoms with Crippen LogP contribution in [0.5, 0.6) is 11.5 Å². The van der Waals surface area contributed by atoms with Crippen LogP contribution in [0.3, 0.4) is 0 Å². The fourth-order valence-electron chi connectivity index (χ4n) is 2.93. The van der Waals surface area contributed by atoms with Crippen molar-refractivity contribution in [3.05, 3.63) is 63.0 Å². The van der Waals surface area contributed by atoms with Crippen molar-refractivity contribution in [1.82, 2.24) is 4.90 Å². The van der Waals surface area contributed by atoms with Crippen molar-refractivity contribution >= 4 is 44.9 Å². The van der Waals surface area contributed by atoms with Gasteiger partial charge in [-0.15, -0.1) is 0 Å².